The third-order valence-electron chi connectivity index (χ3n) is 3.74. The Morgan fingerprint density at radius 3 is 2.87 bits per heavy atom. The van der Waals surface area contributed by atoms with Gasteiger partial charge >= 0.3 is 0 Å². The van der Waals surface area contributed by atoms with Crippen molar-refractivity contribution < 1.29 is 0 Å². The molecule has 0 aliphatic heterocycles. The summed E-state index contributed by atoms with van der Waals surface area (Å²) in [5, 5.41) is 0. The molecule has 1 aromatic rings. The molecule has 0 nitrogen and oxygen atoms in total. The largest absolute Gasteiger partial charge is 0.0619 e. The van der Waals surface area contributed by atoms with Crippen molar-refractivity contribution in [3.8, 4) is 0 Å². The van der Waals surface area contributed by atoms with Crippen molar-refractivity contribution in [3.05, 3.63) is 47.0 Å². The van der Waals surface area contributed by atoms with Gasteiger partial charge in [0, 0.05) is 5.92 Å². The monoisotopic (exact) mass is 197 g/mol. The van der Waals surface area contributed by atoms with Gasteiger partial charge in [-0.05, 0) is 36.5 Å². The molecular formula is C15H17. The summed E-state index contributed by atoms with van der Waals surface area (Å²) >= 11 is 0. The van der Waals surface area contributed by atoms with Gasteiger partial charge in [0.25, 0.3) is 0 Å². The molecule has 0 amide bonds. The van der Waals surface area contributed by atoms with Gasteiger partial charge in [-0.15, -0.1) is 0 Å². The zero-order valence-corrected chi connectivity index (χ0v) is 9.13. The van der Waals surface area contributed by atoms with E-state index in [1.165, 1.54) is 49.7 Å². The SMILES string of the molecule is [C]1=C2CCCCCCC2c2ccccc21. The van der Waals surface area contributed by atoms with E-state index >= 15 is 0 Å². The summed E-state index contributed by atoms with van der Waals surface area (Å²) in [6.07, 6.45) is 11.8. The second-order valence-corrected chi connectivity index (χ2v) is 4.74. The molecule has 15 heavy (non-hydrogen) atoms. The van der Waals surface area contributed by atoms with Crippen molar-refractivity contribution >= 4 is 0 Å². The summed E-state index contributed by atoms with van der Waals surface area (Å²) in [6, 6.07) is 8.81. The van der Waals surface area contributed by atoms with Gasteiger partial charge in [-0.1, -0.05) is 49.1 Å². The van der Waals surface area contributed by atoms with Gasteiger partial charge in [-0.25, -0.2) is 0 Å². The van der Waals surface area contributed by atoms with Crippen molar-refractivity contribution in [2.45, 2.75) is 44.4 Å². The molecule has 0 aromatic heterocycles. The number of hydrogen-bond donors (Lipinski definition) is 0. The maximum atomic E-state index is 3.62. The van der Waals surface area contributed by atoms with E-state index in [-0.39, 0.29) is 0 Å². The fraction of sp³-hybridized carbons (Fsp3) is 0.467. The Morgan fingerprint density at radius 1 is 1.00 bits per heavy atom. The molecular weight excluding hydrogens is 180 g/mol. The fourth-order valence-corrected chi connectivity index (χ4v) is 2.95. The second-order valence-electron chi connectivity index (χ2n) is 4.74. The Hall–Kier alpha value is -1.04. The number of fused-ring (bicyclic) bond motifs is 3. The Bertz CT molecular complexity index is 387. The third kappa shape index (κ3) is 1.62. The van der Waals surface area contributed by atoms with E-state index in [0.717, 1.165) is 0 Å². The van der Waals surface area contributed by atoms with Crippen molar-refractivity contribution in [2.24, 2.45) is 0 Å². The van der Waals surface area contributed by atoms with Crippen LogP contribution in [0.4, 0.5) is 0 Å². The average Bonchev–Trinajstić information content (AvgIpc) is 2.55. The Kier molecular flexibility index (Phi) is 2.36. The van der Waals surface area contributed by atoms with E-state index < -0.39 is 0 Å². The lowest BCUT2D eigenvalue weighted by Crippen LogP contribution is -2.02. The molecule has 0 heterocycles. The molecule has 1 saturated carbocycles. The van der Waals surface area contributed by atoms with Gasteiger partial charge in [-0.3, -0.25) is 0 Å². The minimum absolute atomic E-state index is 0.710. The zero-order valence-electron chi connectivity index (χ0n) is 9.13. The molecule has 2 aliphatic rings. The van der Waals surface area contributed by atoms with Crippen LogP contribution in [-0.4, -0.2) is 0 Å². The van der Waals surface area contributed by atoms with E-state index in [1.54, 1.807) is 5.57 Å². The quantitative estimate of drug-likeness (QED) is 0.584. The fourth-order valence-electron chi connectivity index (χ4n) is 2.95. The highest BCUT2D eigenvalue weighted by molar-refractivity contribution is 5.46. The van der Waals surface area contributed by atoms with Crippen molar-refractivity contribution in [1.29, 1.82) is 0 Å². The predicted molar refractivity (Wildman–Crippen MR) is 62.7 cm³/mol. The van der Waals surface area contributed by atoms with Gasteiger partial charge in [0.15, 0.2) is 0 Å². The summed E-state index contributed by atoms with van der Waals surface area (Å²) < 4.78 is 0. The van der Waals surface area contributed by atoms with E-state index in [0.29, 0.717) is 5.92 Å². The van der Waals surface area contributed by atoms with Crippen molar-refractivity contribution in [1.82, 2.24) is 0 Å². The summed E-state index contributed by atoms with van der Waals surface area (Å²) in [5.41, 5.74) is 4.48. The van der Waals surface area contributed by atoms with Crippen LogP contribution >= 0.6 is 0 Å². The number of rotatable bonds is 0. The van der Waals surface area contributed by atoms with Gasteiger partial charge in [0.05, 0.1) is 0 Å². The molecule has 0 spiro atoms. The Morgan fingerprint density at radius 2 is 1.87 bits per heavy atom. The van der Waals surface area contributed by atoms with Crippen LogP contribution in [0, 0.1) is 6.08 Å². The molecule has 3 rings (SSSR count). The van der Waals surface area contributed by atoms with Gasteiger partial charge in [0.1, 0.15) is 0 Å². The minimum Gasteiger partial charge on any atom is -0.0619 e. The first-order chi connectivity index (χ1) is 7.45. The Labute approximate surface area is 92.0 Å². The van der Waals surface area contributed by atoms with Crippen LogP contribution in [0.3, 0.4) is 0 Å². The third-order valence-corrected chi connectivity index (χ3v) is 3.74. The summed E-state index contributed by atoms with van der Waals surface area (Å²) in [5.74, 6) is 0.710. The van der Waals surface area contributed by atoms with Gasteiger partial charge in [0.2, 0.25) is 0 Å². The molecule has 0 heteroatoms. The standard InChI is InChI=1S/C15H17/c1-2-4-9-14-12(7-3-1)11-13-8-5-6-10-15(13)14/h5-6,8,10,14H,1-4,7,9H2. The van der Waals surface area contributed by atoms with Crippen LogP contribution < -0.4 is 0 Å². The predicted octanol–water partition coefficient (Wildman–Crippen LogP) is 4.22. The molecule has 0 bridgehead atoms. The zero-order chi connectivity index (χ0) is 10.1. The molecule has 1 unspecified atom stereocenters. The normalized spacial score (nSPS) is 24.8. The highest BCUT2D eigenvalue weighted by atomic mass is 14.3. The van der Waals surface area contributed by atoms with E-state index in [9.17, 15) is 0 Å². The maximum Gasteiger partial charge on any atom is 0.00637 e. The molecule has 2 aliphatic carbocycles. The summed E-state index contributed by atoms with van der Waals surface area (Å²) in [7, 11) is 0. The van der Waals surface area contributed by atoms with Crippen LogP contribution in [0.15, 0.2) is 29.8 Å². The van der Waals surface area contributed by atoms with Gasteiger partial charge < -0.3 is 0 Å². The summed E-state index contributed by atoms with van der Waals surface area (Å²) in [6.45, 7) is 0. The smallest absolute Gasteiger partial charge is 0.00637 e. The first kappa shape index (κ1) is 9.21. The van der Waals surface area contributed by atoms with Crippen molar-refractivity contribution in [3.63, 3.8) is 0 Å². The highest BCUT2D eigenvalue weighted by Crippen LogP contribution is 2.41. The molecule has 0 N–H and O–H groups in total. The lowest BCUT2D eigenvalue weighted by Gasteiger charge is -2.19. The van der Waals surface area contributed by atoms with Crippen LogP contribution in [0.5, 0.6) is 0 Å². The minimum atomic E-state index is 0.710. The molecule has 1 aromatic carbocycles. The van der Waals surface area contributed by atoms with E-state index in [1.807, 2.05) is 0 Å². The lowest BCUT2D eigenvalue weighted by molar-refractivity contribution is 0.534. The number of allylic oxidation sites excluding steroid dienone is 1. The molecule has 1 fully saturated rings. The number of hydrogen-bond acceptors (Lipinski definition) is 0. The van der Waals surface area contributed by atoms with Gasteiger partial charge in [-0.2, -0.15) is 0 Å². The van der Waals surface area contributed by atoms with Crippen LogP contribution in [0.2, 0.25) is 0 Å². The molecule has 1 atom stereocenters. The first-order valence-electron chi connectivity index (χ1n) is 6.17. The average molecular weight is 197 g/mol. The lowest BCUT2D eigenvalue weighted by atomic mass is 9.85. The summed E-state index contributed by atoms with van der Waals surface area (Å²) in [4.78, 5) is 0. The number of benzene rings is 1. The van der Waals surface area contributed by atoms with E-state index in [2.05, 4.69) is 30.3 Å². The highest BCUT2D eigenvalue weighted by Gasteiger charge is 2.25. The second kappa shape index (κ2) is 3.84. The Balaban J connectivity index is 1.96. The van der Waals surface area contributed by atoms with Crippen LogP contribution in [0.25, 0.3) is 0 Å². The molecule has 77 valence electrons. The van der Waals surface area contributed by atoms with Crippen LogP contribution in [-0.2, 0) is 0 Å². The molecule has 1 radical (unpaired) electrons. The maximum absolute atomic E-state index is 3.62. The molecule has 0 saturated heterocycles. The topological polar surface area (TPSA) is 0 Å². The van der Waals surface area contributed by atoms with Crippen LogP contribution in [0.1, 0.15) is 55.6 Å². The van der Waals surface area contributed by atoms with Crippen molar-refractivity contribution in [2.75, 3.05) is 0 Å². The first-order valence-corrected chi connectivity index (χ1v) is 6.17. The van der Waals surface area contributed by atoms with E-state index in [4.69, 9.17) is 0 Å².